The molecule has 1 unspecified atom stereocenters. The standard InChI is InChI=1S/C17H14N2O3/c1-11-15(12-5-3-2-4-6-12)16(20)19(18-11)14-9-7-13(8-10-14)17(21)22/h2-10,15H,1H3,(H,21,22). The van der Waals surface area contributed by atoms with Crippen LogP contribution < -0.4 is 5.01 Å². The van der Waals surface area contributed by atoms with E-state index in [0.29, 0.717) is 5.69 Å². The van der Waals surface area contributed by atoms with Gasteiger partial charge in [0.2, 0.25) is 0 Å². The van der Waals surface area contributed by atoms with Gasteiger partial charge in [0.1, 0.15) is 5.92 Å². The molecular formula is C17H14N2O3. The summed E-state index contributed by atoms with van der Waals surface area (Å²) in [5, 5.41) is 14.6. The van der Waals surface area contributed by atoms with Crippen LogP contribution in [0.3, 0.4) is 0 Å². The van der Waals surface area contributed by atoms with Gasteiger partial charge in [-0.1, -0.05) is 30.3 Å². The second-order valence-electron chi connectivity index (χ2n) is 5.09. The number of hydrazone groups is 1. The average Bonchev–Trinajstić information content (AvgIpc) is 2.83. The number of carboxylic acids is 1. The molecule has 5 nitrogen and oxygen atoms in total. The molecule has 0 fully saturated rings. The van der Waals surface area contributed by atoms with Gasteiger partial charge in [-0.2, -0.15) is 10.1 Å². The maximum atomic E-state index is 12.6. The largest absolute Gasteiger partial charge is 0.478 e. The average molecular weight is 294 g/mol. The molecule has 1 heterocycles. The summed E-state index contributed by atoms with van der Waals surface area (Å²) in [7, 11) is 0. The van der Waals surface area contributed by atoms with Gasteiger partial charge in [-0.25, -0.2) is 4.79 Å². The van der Waals surface area contributed by atoms with Crippen molar-refractivity contribution >= 4 is 23.3 Å². The number of amides is 1. The Labute approximate surface area is 127 Å². The third kappa shape index (κ3) is 2.37. The van der Waals surface area contributed by atoms with Crippen LogP contribution in [0, 0.1) is 0 Å². The van der Waals surface area contributed by atoms with E-state index in [1.54, 1.807) is 12.1 Å². The van der Waals surface area contributed by atoms with E-state index < -0.39 is 5.97 Å². The van der Waals surface area contributed by atoms with E-state index >= 15 is 0 Å². The minimum absolute atomic E-state index is 0.133. The van der Waals surface area contributed by atoms with Crippen LogP contribution in [-0.2, 0) is 4.79 Å². The molecule has 5 heteroatoms. The van der Waals surface area contributed by atoms with Crippen molar-refractivity contribution in [2.45, 2.75) is 12.8 Å². The highest BCUT2D eigenvalue weighted by Crippen LogP contribution is 2.30. The van der Waals surface area contributed by atoms with Crippen molar-refractivity contribution in [1.29, 1.82) is 0 Å². The number of hydrogen-bond donors (Lipinski definition) is 1. The van der Waals surface area contributed by atoms with Crippen molar-refractivity contribution in [2.75, 3.05) is 5.01 Å². The predicted molar refractivity (Wildman–Crippen MR) is 83.2 cm³/mol. The van der Waals surface area contributed by atoms with Gasteiger partial charge in [0, 0.05) is 0 Å². The van der Waals surface area contributed by atoms with Crippen LogP contribution in [0.25, 0.3) is 0 Å². The van der Waals surface area contributed by atoms with Crippen LogP contribution in [0.2, 0.25) is 0 Å². The van der Waals surface area contributed by atoms with E-state index in [4.69, 9.17) is 5.11 Å². The van der Waals surface area contributed by atoms with E-state index in [0.717, 1.165) is 11.3 Å². The fourth-order valence-electron chi connectivity index (χ4n) is 2.53. The zero-order valence-corrected chi connectivity index (χ0v) is 11.9. The Morgan fingerprint density at radius 2 is 1.73 bits per heavy atom. The highest BCUT2D eigenvalue weighted by Gasteiger charge is 2.35. The first-order valence-corrected chi connectivity index (χ1v) is 6.85. The third-order valence-electron chi connectivity index (χ3n) is 3.62. The van der Waals surface area contributed by atoms with E-state index in [1.807, 2.05) is 37.3 Å². The SMILES string of the molecule is CC1=NN(c2ccc(C(=O)O)cc2)C(=O)C1c1ccccc1. The minimum Gasteiger partial charge on any atom is -0.478 e. The molecule has 1 atom stereocenters. The normalized spacial score (nSPS) is 17.5. The summed E-state index contributed by atoms with van der Waals surface area (Å²) < 4.78 is 0. The van der Waals surface area contributed by atoms with E-state index in [-0.39, 0.29) is 17.4 Å². The van der Waals surface area contributed by atoms with Gasteiger partial charge < -0.3 is 5.11 Å². The number of carbonyl (C=O) groups excluding carboxylic acids is 1. The topological polar surface area (TPSA) is 70.0 Å². The Balaban J connectivity index is 1.91. The summed E-state index contributed by atoms with van der Waals surface area (Å²) in [6, 6.07) is 15.6. The van der Waals surface area contributed by atoms with Gasteiger partial charge in [-0.05, 0) is 36.8 Å². The first-order valence-electron chi connectivity index (χ1n) is 6.85. The Bertz CT molecular complexity index is 751. The number of aromatic carboxylic acids is 1. The van der Waals surface area contributed by atoms with E-state index in [1.165, 1.54) is 17.1 Å². The second kappa shape index (κ2) is 5.44. The highest BCUT2D eigenvalue weighted by molar-refractivity contribution is 6.18. The highest BCUT2D eigenvalue weighted by atomic mass is 16.4. The van der Waals surface area contributed by atoms with E-state index in [9.17, 15) is 9.59 Å². The molecule has 110 valence electrons. The lowest BCUT2D eigenvalue weighted by atomic mass is 9.95. The Hall–Kier alpha value is -2.95. The molecule has 1 aliphatic rings. The minimum atomic E-state index is -0.999. The van der Waals surface area contributed by atoms with Crippen molar-refractivity contribution in [3.8, 4) is 0 Å². The molecule has 1 aliphatic heterocycles. The smallest absolute Gasteiger partial charge is 0.335 e. The number of carboxylic acid groups (broad SMARTS) is 1. The molecule has 0 spiro atoms. The molecule has 2 aromatic carbocycles. The van der Waals surface area contributed by atoms with Crippen molar-refractivity contribution in [3.63, 3.8) is 0 Å². The lowest BCUT2D eigenvalue weighted by molar-refractivity contribution is -0.118. The molecule has 1 amide bonds. The van der Waals surface area contributed by atoms with Gasteiger partial charge in [0.25, 0.3) is 5.91 Å². The summed E-state index contributed by atoms with van der Waals surface area (Å²) in [4.78, 5) is 23.5. The van der Waals surface area contributed by atoms with Crippen LogP contribution >= 0.6 is 0 Å². The van der Waals surface area contributed by atoms with Gasteiger partial charge in [0.15, 0.2) is 0 Å². The molecule has 0 aliphatic carbocycles. The zero-order valence-electron chi connectivity index (χ0n) is 11.9. The number of hydrogen-bond acceptors (Lipinski definition) is 3. The van der Waals surface area contributed by atoms with Crippen LogP contribution in [-0.4, -0.2) is 22.7 Å². The van der Waals surface area contributed by atoms with Crippen LogP contribution in [0.15, 0.2) is 59.7 Å². The Kier molecular flexibility index (Phi) is 3.47. The predicted octanol–water partition coefficient (Wildman–Crippen LogP) is 2.89. The first-order chi connectivity index (χ1) is 10.6. The molecule has 0 saturated heterocycles. The van der Waals surface area contributed by atoms with Crippen LogP contribution in [0.5, 0.6) is 0 Å². The lowest BCUT2D eigenvalue weighted by Gasteiger charge is -2.14. The Morgan fingerprint density at radius 1 is 1.09 bits per heavy atom. The maximum absolute atomic E-state index is 12.6. The lowest BCUT2D eigenvalue weighted by Crippen LogP contribution is -2.25. The second-order valence-corrected chi connectivity index (χ2v) is 5.09. The van der Waals surface area contributed by atoms with Gasteiger partial charge in [0.05, 0.1) is 17.0 Å². The van der Waals surface area contributed by atoms with Crippen molar-refractivity contribution in [1.82, 2.24) is 0 Å². The molecule has 2 aromatic rings. The van der Waals surface area contributed by atoms with Gasteiger partial charge >= 0.3 is 5.97 Å². The molecule has 0 radical (unpaired) electrons. The number of carbonyl (C=O) groups is 2. The first kappa shape index (κ1) is 14.0. The van der Waals surface area contributed by atoms with E-state index in [2.05, 4.69) is 5.10 Å². The molecule has 0 aromatic heterocycles. The molecular weight excluding hydrogens is 280 g/mol. The molecule has 0 bridgehead atoms. The number of nitrogens with zero attached hydrogens (tertiary/aromatic N) is 2. The van der Waals surface area contributed by atoms with Crippen LogP contribution in [0.4, 0.5) is 5.69 Å². The fourth-order valence-corrected chi connectivity index (χ4v) is 2.53. The number of rotatable bonds is 3. The zero-order chi connectivity index (χ0) is 15.7. The van der Waals surface area contributed by atoms with Crippen molar-refractivity contribution in [2.24, 2.45) is 5.10 Å². The van der Waals surface area contributed by atoms with Gasteiger partial charge in [-0.3, -0.25) is 4.79 Å². The third-order valence-corrected chi connectivity index (χ3v) is 3.62. The van der Waals surface area contributed by atoms with Crippen molar-refractivity contribution < 1.29 is 14.7 Å². The summed E-state index contributed by atoms with van der Waals surface area (Å²) in [5.74, 6) is -1.52. The summed E-state index contributed by atoms with van der Waals surface area (Å²) in [6.07, 6.45) is 0. The number of anilines is 1. The molecule has 22 heavy (non-hydrogen) atoms. The molecule has 1 N–H and O–H groups in total. The molecule has 0 saturated carbocycles. The number of benzene rings is 2. The van der Waals surface area contributed by atoms with Crippen molar-refractivity contribution in [3.05, 3.63) is 65.7 Å². The Morgan fingerprint density at radius 3 is 2.32 bits per heavy atom. The van der Waals surface area contributed by atoms with Crippen LogP contribution in [0.1, 0.15) is 28.8 Å². The summed E-state index contributed by atoms with van der Waals surface area (Å²) >= 11 is 0. The summed E-state index contributed by atoms with van der Waals surface area (Å²) in [6.45, 7) is 1.82. The monoisotopic (exact) mass is 294 g/mol. The maximum Gasteiger partial charge on any atom is 0.335 e. The summed E-state index contributed by atoms with van der Waals surface area (Å²) in [5.41, 5.74) is 2.36. The molecule has 3 rings (SSSR count). The quantitative estimate of drug-likeness (QED) is 0.946. The van der Waals surface area contributed by atoms with Gasteiger partial charge in [-0.15, -0.1) is 0 Å². The fraction of sp³-hybridized carbons (Fsp3) is 0.118.